The van der Waals surface area contributed by atoms with Gasteiger partial charge in [0, 0.05) is 37.6 Å². The molecule has 188 valence electrons. The van der Waals surface area contributed by atoms with Crippen LogP contribution >= 0.6 is 0 Å². The van der Waals surface area contributed by atoms with Crippen molar-refractivity contribution in [2.45, 2.75) is 31.1 Å². The Morgan fingerprint density at radius 3 is 2.72 bits per heavy atom. The Hall–Kier alpha value is -3.36. The van der Waals surface area contributed by atoms with Crippen LogP contribution in [-0.2, 0) is 26.9 Å². The van der Waals surface area contributed by atoms with Crippen molar-refractivity contribution in [2.75, 3.05) is 26.4 Å². The lowest BCUT2D eigenvalue weighted by Crippen LogP contribution is -2.27. The van der Waals surface area contributed by atoms with Crippen molar-refractivity contribution >= 4 is 10.0 Å². The number of nitriles is 1. The van der Waals surface area contributed by atoms with Gasteiger partial charge in [0.05, 0.1) is 36.8 Å². The van der Waals surface area contributed by atoms with E-state index in [2.05, 4.69) is 20.8 Å². The zero-order valence-electron chi connectivity index (χ0n) is 19.8. The van der Waals surface area contributed by atoms with Crippen LogP contribution in [0.5, 0.6) is 5.75 Å². The molecule has 1 aliphatic heterocycles. The predicted molar refractivity (Wildman–Crippen MR) is 134 cm³/mol. The summed E-state index contributed by atoms with van der Waals surface area (Å²) in [6, 6.07) is 16.7. The first kappa shape index (κ1) is 25.7. The molecular weight excluding hydrogens is 480 g/mol. The van der Waals surface area contributed by atoms with Gasteiger partial charge in [-0.05, 0) is 35.4 Å². The standard InChI is InChI=1S/C26H28N4O5S/c27-17-22-16-21(4-5-25(22)35-23-7-12-34-13-8-23)24-6-9-28-26(30-24)15-19-2-1-3-20(14-19)18-36(32,33)29-10-11-31/h1-6,9,14,16,23,29,31H,7-8,10-13,15,18H2. The minimum atomic E-state index is -3.53. The van der Waals surface area contributed by atoms with E-state index in [1.54, 1.807) is 36.5 Å². The molecule has 0 atom stereocenters. The van der Waals surface area contributed by atoms with E-state index in [0.717, 1.165) is 24.0 Å². The van der Waals surface area contributed by atoms with Crippen LogP contribution in [0.25, 0.3) is 11.3 Å². The SMILES string of the molecule is N#Cc1cc(-c2ccnc(Cc3cccc(CS(=O)(=O)NCCO)c3)n2)ccc1OC1CCOCC1. The summed E-state index contributed by atoms with van der Waals surface area (Å²) in [5, 5.41) is 18.5. The van der Waals surface area contributed by atoms with Crippen LogP contribution in [0.15, 0.2) is 54.7 Å². The quantitative estimate of drug-likeness (QED) is 0.427. The van der Waals surface area contributed by atoms with Gasteiger partial charge in [-0.15, -0.1) is 0 Å². The van der Waals surface area contributed by atoms with E-state index >= 15 is 0 Å². The Morgan fingerprint density at radius 1 is 1.14 bits per heavy atom. The number of aliphatic hydroxyl groups excluding tert-OH is 1. The molecule has 0 unspecified atom stereocenters. The van der Waals surface area contributed by atoms with Crippen molar-refractivity contribution < 1.29 is 23.0 Å². The topological polar surface area (TPSA) is 134 Å². The molecule has 2 heterocycles. The van der Waals surface area contributed by atoms with Crippen LogP contribution < -0.4 is 9.46 Å². The Labute approximate surface area is 210 Å². The van der Waals surface area contributed by atoms with Crippen LogP contribution in [0.3, 0.4) is 0 Å². The number of benzene rings is 2. The lowest BCUT2D eigenvalue weighted by atomic mass is 10.1. The summed E-state index contributed by atoms with van der Waals surface area (Å²) in [6.07, 6.45) is 3.73. The minimum absolute atomic E-state index is 0.0151. The number of hydrogen-bond donors (Lipinski definition) is 2. The molecule has 1 fully saturated rings. The summed E-state index contributed by atoms with van der Waals surface area (Å²) in [7, 11) is -3.53. The second-order valence-electron chi connectivity index (χ2n) is 8.48. The molecular formula is C26H28N4O5S. The third-order valence-electron chi connectivity index (χ3n) is 5.71. The van der Waals surface area contributed by atoms with E-state index in [1.165, 1.54) is 0 Å². The fourth-order valence-electron chi connectivity index (χ4n) is 3.98. The molecule has 3 aromatic rings. The third kappa shape index (κ3) is 7.08. The molecule has 1 aliphatic rings. The normalized spacial score (nSPS) is 14.3. The van der Waals surface area contributed by atoms with Crippen LogP contribution in [0, 0.1) is 11.3 Å². The van der Waals surface area contributed by atoms with Crippen molar-refractivity contribution in [3.8, 4) is 23.1 Å². The van der Waals surface area contributed by atoms with Gasteiger partial charge in [0.25, 0.3) is 0 Å². The van der Waals surface area contributed by atoms with E-state index < -0.39 is 10.0 Å². The molecule has 2 N–H and O–H groups in total. The van der Waals surface area contributed by atoms with Crippen molar-refractivity contribution in [2.24, 2.45) is 0 Å². The van der Waals surface area contributed by atoms with Gasteiger partial charge in [-0.2, -0.15) is 5.26 Å². The largest absolute Gasteiger partial charge is 0.489 e. The van der Waals surface area contributed by atoms with Gasteiger partial charge in [0.2, 0.25) is 10.0 Å². The van der Waals surface area contributed by atoms with Gasteiger partial charge in [-0.25, -0.2) is 23.1 Å². The highest BCUT2D eigenvalue weighted by molar-refractivity contribution is 7.88. The smallest absolute Gasteiger partial charge is 0.215 e. The zero-order valence-corrected chi connectivity index (χ0v) is 20.6. The highest BCUT2D eigenvalue weighted by atomic mass is 32.2. The van der Waals surface area contributed by atoms with E-state index in [-0.39, 0.29) is 25.0 Å². The van der Waals surface area contributed by atoms with E-state index in [4.69, 9.17) is 14.6 Å². The maximum absolute atomic E-state index is 12.1. The number of hydrogen-bond acceptors (Lipinski definition) is 8. The minimum Gasteiger partial charge on any atom is -0.489 e. The fourth-order valence-corrected chi connectivity index (χ4v) is 5.10. The highest BCUT2D eigenvalue weighted by Gasteiger charge is 2.18. The number of sulfonamides is 1. The van der Waals surface area contributed by atoms with E-state index in [1.807, 2.05) is 18.2 Å². The second-order valence-corrected chi connectivity index (χ2v) is 10.3. The van der Waals surface area contributed by atoms with Gasteiger partial charge >= 0.3 is 0 Å². The van der Waals surface area contributed by atoms with Gasteiger partial charge in [-0.1, -0.05) is 24.3 Å². The number of rotatable bonds is 10. The van der Waals surface area contributed by atoms with Crippen LogP contribution in [0.2, 0.25) is 0 Å². The molecule has 36 heavy (non-hydrogen) atoms. The molecule has 0 saturated carbocycles. The Kier molecular flexibility index (Phi) is 8.61. The third-order valence-corrected chi connectivity index (χ3v) is 7.06. The fraction of sp³-hybridized carbons (Fsp3) is 0.346. The first-order valence-electron chi connectivity index (χ1n) is 11.7. The number of aromatic nitrogens is 2. The maximum atomic E-state index is 12.1. The lowest BCUT2D eigenvalue weighted by Gasteiger charge is -2.23. The van der Waals surface area contributed by atoms with Crippen molar-refractivity contribution in [3.05, 3.63) is 77.2 Å². The molecule has 2 aromatic carbocycles. The monoisotopic (exact) mass is 508 g/mol. The Bertz CT molecular complexity index is 1330. The second kappa shape index (κ2) is 12.1. The number of ether oxygens (including phenoxy) is 2. The zero-order chi connectivity index (χ0) is 25.4. The average Bonchev–Trinajstić information content (AvgIpc) is 2.88. The van der Waals surface area contributed by atoms with Crippen molar-refractivity contribution in [3.63, 3.8) is 0 Å². The van der Waals surface area contributed by atoms with Crippen LogP contribution in [-0.4, -0.2) is 56.0 Å². The number of nitrogens with zero attached hydrogens (tertiary/aromatic N) is 3. The summed E-state index contributed by atoms with van der Waals surface area (Å²) < 4.78 is 38.0. The average molecular weight is 509 g/mol. The predicted octanol–water partition coefficient (Wildman–Crippen LogP) is 2.58. The molecule has 0 spiro atoms. The molecule has 0 aliphatic carbocycles. The molecule has 9 nitrogen and oxygen atoms in total. The number of nitrogens with one attached hydrogen (secondary N) is 1. The summed E-state index contributed by atoms with van der Waals surface area (Å²) >= 11 is 0. The molecule has 4 rings (SSSR count). The molecule has 0 bridgehead atoms. The first-order chi connectivity index (χ1) is 17.5. The maximum Gasteiger partial charge on any atom is 0.215 e. The molecule has 10 heteroatoms. The van der Waals surface area contributed by atoms with Gasteiger partial charge < -0.3 is 14.6 Å². The molecule has 1 saturated heterocycles. The van der Waals surface area contributed by atoms with Crippen LogP contribution in [0.4, 0.5) is 0 Å². The first-order valence-corrected chi connectivity index (χ1v) is 13.4. The lowest BCUT2D eigenvalue weighted by molar-refractivity contribution is 0.0254. The van der Waals surface area contributed by atoms with Gasteiger partial charge in [0.1, 0.15) is 23.7 Å². The highest BCUT2D eigenvalue weighted by Crippen LogP contribution is 2.27. The number of aliphatic hydroxyl groups is 1. The van der Waals surface area contributed by atoms with Crippen LogP contribution in [0.1, 0.15) is 35.4 Å². The molecule has 1 aromatic heterocycles. The Morgan fingerprint density at radius 2 is 1.94 bits per heavy atom. The summed E-state index contributed by atoms with van der Waals surface area (Å²) in [4.78, 5) is 9.04. The summed E-state index contributed by atoms with van der Waals surface area (Å²) in [5.41, 5.74) is 3.42. The van der Waals surface area contributed by atoms with E-state index in [0.29, 0.717) is 48.0 Å². The summed E-state index contributed by atoms with van der Waals surface area (Å²) in [5.74, 6) is 0.954. The summed E-state index contributed by atoms with van der Waals surface area (Å²) in [6.45, 7) is 1.05. The molecule has 0 radical (unpaired) electrons. The van der Waals surface area contributed by atoms with E-state index in [9.17, 15) is 13.7 Å². The van der Waals surface area contributed by atoms with Crippen molar-refractivity contribution in [1.29, 1.82) is 5.26 Å². The molecule has 0 amide bonds. The Balaban J connectivity index is 1.48. The van der Waals surface area contributed by atoms with Crippen molar-refractivity contribution in [1.82, 2.24) is 14.7 Å². The van der Waals surface area contributed by atoms with Gasteiger partial charge in [0.15, 0.2) is 0 Å². The van der Waals surface area contributed by atoms with Gasteiger partial charge in [-0.3, -0.25) is 0 Å².